The summed E-state index contributed by atoms with van der Waals surface area (Å²) in [5, 5.41) is 13.4. The maximum absolute atomic E-state index is 9.27. The van der Waals surface area contributed by atoms with E-state index >= 15 is 0 Å². The lowest BCUT2D eigenvalue weighted by atomic mass is 10.0. The molecule has 0 spiro atoms. The van der Waals surface area contributed by atoms with Crippen LogP contribution in [0.1, 0.15) is 24.8 Å². The predicted octanol–water partition coefficient (Wildman–Crippen LogP) is 2.60. The number of ether oxygens (including phenoxy) is 1. The Bertz CT molecular complexity index is 397. The molecule has 0 bridgehead atoms. The highest BCUT2D eigenvalue weighted by Gasteiger charge is 2.25. The van der Waals surface area contributed by atoms with E-state index in [0.717, 1.165) is 24.9 Å². The maximum atomic E-state index is 9.27. The fourth-order valence-electron chi connectivity index (χ4n) is 2.59. The van der Waals surface area contributed by atoms with Crippen molar-refractivity contribution >= 4 is 11.6 Å². The molecule has 2 N–H and O–H groups in total. The second kappa shape index (κ2) is 6.41. The molecule has 3 nitrogen and oxygen atoms in total. The number of rotatable bonds is 5. The Morgan fingerprint density at radius 3 is 2.94 bits per heavy atom. The first-order valence-electron chi connectivity index (χ1n) is 6.41. The lowest BCUT2D eigenvalue weighted by molar-refractivity contribution is 0.205. The van der Waals surface area contributed by atoms with E-state index < -0.39 is 0 Å². The van der Waals surface area contributed by atoms with E-state index in [1.54, 1.807) is 7.11 Å². The first kappa shape index (κ1) is 13.7. The van der Waals surface area contributed by atoms with Crippen LogP contribution in [0.15, 0.2) is 18.2 Å². The van der Waals surface area contributed by atoms with Gasteiger partial charge in [-0.2, -0.15) is 0 Å². The van der Waals surface area contributed by atoms with E-state index in [-0.39, 0.29) is 6.61 Å². The van der Waals surface area contributed by atoms with Gasteiger partial charge in [-0.3, -0.25) is 0 Å². The first-order chi connectivity index (χ1) is 8.74. The van der Waals surface area contributed by atoms with Gasteiger partial charge in [0.2, 0.25) is 0 Å². The molecule has 0 radical (unpaired) electrons. The molecule has 4 heteroatoms. The van der Waals surface area contributed by atoms with Gasteiger partial charge in [-0.05, 0) is 36.5 Å². The van der Waals surface area contributed by atoms with Crippen molar-refractivity contribution in [3.8, 4) is 5.75 Å². The Hall–Kier alpha value is -0.770. The van der Waals surface area contributed by atoms with Crippen LogP contribution >= 0.6 is 11.6 Å². The molecule has 2 unspecified atom stereocenters. The summed E-state index contributed by atoms with van der Waals surface area (Å²) in [6, 6.07) is 6.25. The Morgan fingerprint density at radius 1 is 1.44 bits per heavy atom. The average Bonchev–Trinajstić information content (AvgIpc) is 2.84. The summed E-state index contributed by atoms with van der Waals surface area (Å²) in [5.74, 6) is 1.10. The molecule has 0 heterocycles. The summed E-state index contributed by atoms with van der Waals surface area (Å²) in [6.07, 6.45) is 3.47. The predicted molar refractivity (Wildman–Crippen MR) is 73.1 cm³/mol. The van der Waals surface area contributed by atoms with Crippen molar-refractivity contribution < 1.29 is 9.84 Å². The molecule has 1 fully saturated rings. The molecule has 100 valence electrons. The maximum Gasteiger partial charge on any atom is 0.137 e. The number of nitrogens with one attached hydrogen (secondary N) is 1. The van der Waals surface area contributed by atoms with Crippen LogP contribution < -0.4 is 10.1 Å². The molecule has 0 amide bonds. The molecule has 2 atom stereocenters. The van der Waals surface area contributed by atoms with Gasteiger partial charge in [0.05, 0.1) is 12.1 Å². The van der Waals surface area contributed by atoms with Gasteiger partial charge in [-0.15, -0.1) is 0 Å². The quantitative estimate of drug-likeness (QED) is 0.863. The Labute approximate surface area is 113 Å². The molecule has 0 aromatic heterocycles. The van der Waals surface area contributed by atoms with Crippen LogP contribution in [0.4, 0.5) is 0 Å². The van der Waals surface area contributed by atoms with Crippen LogP contribution in [0.5, 0.6) is 5.75 Å². The van der Waals surface area contributed by atoms with Crippen molar-refractivity contribution in [3.63, 3.8) is 0 Å². The zero-order valence-corrected chi connectivity index (χ0v) is 11.4. The van der Waals surface area contributed by atoms with E-state index in [1.807, 2.05) is 18.2 Å². The van der Waals surface area contributed by atoms with Crippen LogP contribution in [-0.2, 0) is 6.54 Å². The van der Waals surface area contributed by atoms with Crippen molar-refractivity contribution in [2.45, 2.75) is 31.8 Å². The number of aliphatic hydroxyl groups excluding tert-OH is 1. The third kappa shape index (κ3) is 3.16. The van der Waals surface area contributed by atoms with Crippen LogP contribution in [0.25, 0.3) is 0 Å². The normalized spacial score (nSPS) is 23.3. The molecule has 1 aromatic rings. The standard InChI is InChI=1S/C14H20ClNO2/c1-18-14-6-5-10(7-12(14)15)8-16-13-4-2-3-11(13)9-17/h5-7,11,13,16-17H,2-4,8-9H2,1H3. The fourth-order valence-corrected chi connectivity index (χ4v) is 2.87. The van der Waals surface area contributed by atoms with Crippen molar-refractivity contribution in [3.05, 3.63) is 28.8 Å². The lowest BCUT2D eigenvalue weighted by Gasteiger charge is -2.19. The van der Waals surface area contributed by atoms with Gasteiger partial charge in [0, 0.05) is 19.2 Å². The summed E-state index contributed by atoms with van der Waals surface area (Å²) in [6.45, 7) is 1.06. The van der Waals surface area contributed by atoms with Crippen molar-refractivity contribution in [2.24, 2.45) is 5.92 Å². The van der Waals surface area contributed by atoms with Gasteiger partial charge in [0.15, 0.2) is 0 Å². The number of halogens is 1. The Morgan fingerprint density at radius 2 is 2.28 bits per heavy atom. The molecular formula is C14H20ClNO2. The second-order valence-electron chi connectivity index (χ2n) is 4.83. The molecule has 1 aliphatic carbocycles. The van der Waals surface area contributed by atoms with Gasteiger partial charge in [0.1, 0.15) is 5.75 Å². The Balaban J connectivity index is 1.92. The van der Waals surface area contributed by atoms with E-state index in [2.05, 4.69) is 5.32 Å². The fraction of sp³-hybridized carbons (Fsp3) is 0.571. The molecular weight excluding hydrogens is 250 g/mol. The summed E-state index contributed by atoms with van der Waals surface area (Å²) in [4.78, 5) is 0. The first-order valence-corrected chi connectivity index (χ1v) is 6.79. The molecule has 1 aliphatic rings. The van der Waals surface area contributed by atoms with Crippen LogP contribution in [0, 0.1) is 5.92 Å². The monoisotopic (exact) mass is 269 g/mol. The zero-order valence-electron chi connectivity index (χ0n) is 10.7. The number of methoxy groups -OCH3 is 1. The highest BCUT2D eigenvalue weighted by Crippen LogP contribution is 2.27. The van der Waals surface area contributed by atoms with Gasteiger partial charge in [-0.1, -0.05) is 24.1 Å². The highest BCUT2D eigenvalue weighted by atomic mass is 35.5. The van der Waals surface area contributed by atoms with E-state index in [9.17, 15) is 5.11 Å². The minimum Gasteiger partial charge on any atom is -0.495 e. The minimum atomic E-state index is 0.279. The minimum absolute atomic E-state index is 0.279. The number of hydrogen-bond acceptors (Lipinski definition) is 3. The van der Waals surface area contributed by atoms with Gasteiger partial charge >= 0.3 is 0 Å². The molecule has 0 aliphatic heterocycles. The average molecular weight is 270 g/mol. The van der Waals surface area contributed by atoms with E-state index in [1.165, 1.54) is 6.42 Å². The van der Waals surface area contributed by atoms with Gasteiger partial charge < -0.3 is 15.2 Å². The van der Waals surface area contributed by atoms with Crippen LogP contribution in [0.2, 0.25) is 5.02 Å². The smallest absolute Gasteiger partial charge is 0.137 e. The molecule has 18 heavy (non-hydrogen) atoms. The summed E-state index contributed by atoms with van der Waals surface area (Å²) >= 11 is 6.09. The van der Waals surface area contributed by atoms with Crippen molar-refractivity contribution in [1.82, 2.24) is 5.32 Å². The highest BCUT2D eigenvalue weighted by molar-refractivity contribution is 6.32. The summed E-state index contributed by atoms with van der Waals surface area (Å²) < 4.78 is 5.13. The number of aliphatic hydroxyl groups is 1. The van der Waals surface area contributed by atoms with Crippen LogP contribution in [-0.4, -0.2) is 24.9 Å². The Kier molecular flexibility index (Phi) is 4.87. The topological polar surface area (TPSA) is 41.5 Å². The van der Waals surface area contributed by atoms with Gasteiger partial charge in [0.25, 0.3) is 0 Å². The second-order valence-corrected chi connectivity index (χ2v) is 5.24. The van der Waals surface area contributed by atoms with Crippen molar-refractivity contribution in [1.29, 1.82) is 0 Å². The molecule has 1 saturated carbocycles. The molecule has 1 aromatic carbocycles. The SMILES string of the molecule is COc1ccc(CNC2CCCC2CO)cc1Cl. The third-order valence-electron chi connectivity index (χ3n) is 3.68. The summed E-state index contributed by atoms with van der Waals surface area (Å²) in [5.41, 5.74) is 1.14. The zero-order chi connectivity index (χ0) is 13.0. The van der Waals surface area contributed by atoms with Gasteiger partial charge in [-0.25, -0.2) is 0 Å². The van der Waals surface area contributed by atoms with Crippen molar-refractivity contribution in [2.75, 3.05) is 13.7 Å². The largest absolute Gasteiger partial charge is 0.495 e. The van der Waals surface area contributed by atoms with E-state index in [0.29, 0.717) is 22.7 Å². The number of hydrogen-bond donors (Lipinski definition) is 2. The molecule has 2 rings (SSSR count). The number of benzene rings is 1. The van der Waals surface area contributed by atoms with E-state index in [4.69, 9.17) is 16.3 Å². The third-order valence-corrected chi connectivity index (χ3v) is 3.97. The molecule has 0 saturated heterocycles. The lowest BCUT2D eigenvalue weighted by Crippen LogP contribution is -2.33. The van der Waals surface area contributed by atoms with Crippen LogP contribution in [0.3, 0.4) is 0 Å². The summed E-state index contributed by atoms with van der Waals surface area (Å²) in [7, 11) is 1.61.